The Morgan fingerprint density at radius 1 is 0.929 bits per heavy atom. The summed E-state index contributed by atoms with van der Waals surface area (Å²) in [7, 11) is 0. The first-order valence-corrected chi connectivity index (χ1v) is 9.97. The maximum atomic E-state index is 12.6. The predicted octanol–water partition coefficient (Wildman–Crippen LogP) is 6.24. The van der Waals surface area contributed by atoms with Crippen molar-refractivity contribution in [3.8, 4) is 0 Å². The number of carbonyl (C=O) groups excluding carboxylic acids is 2. The van der Waals surface area contributed by atoms with Crippen molar-refractivity contribution < 1.29 is 18.4 Å². The van der Waals surface area contributed by atoms with Gasteiger partial charge in [0.15, 0.2) is 17.1 Å². The van der Waals surface area contributed by atoms with Crippen molar-refractivity contribution in [1.82, 2.24) is 4.98 Å². The van der Waals surface area contributed by atoms with Gasteiger partial charge in [-0.25, -0.2) is 0 Å². The van der Waals surface area contributed by atoms with Crippen LogP contribution in [0.3, 0.4) is 0 Å². The minimum Gasteiger partial charge on any atom is -0.437 e. The van der Waals surface area contributed by atoms with Gasteiger partial charge >= 0.3 is 0 Å². The Bertz CT molecular complexity index is 1090. The Morgan fingerprint density at radius 3 is 2.18 bits per heavy atom. The third-order valence-corrected chi connectivity index (χ3v) is 6.13. The lowest BCUT2D eigenvalue weighted by Gasteiger charge is -2.17. The molecule has 2 heterocycles. The second-order valence-electron chi connectivity index (χ2n) is 7.23. The molecule has 0 saturated heterocycles. The molecule has 5 nitrogen and oxygen atoms in total. The summed E-state index contributed by atoms with van der Waals surface area (Å²) in [5, 5.41) is 0.468. The fourth-order valence-corrected chi connectivity index (χ4v) is 4.28. The maximum absolute atomic E-state index is 12.6. The zero-order valence-corrected chi connectivity index (χ0v) is 16.3. The number of oxazole rings is 1. The highest BCUT2D eigenvalue weighted by Crippen LogP contribution is 2.36. The van der Waals surface area contributed by atoms with E-state index in [1.807, 2.05) is 0 Å². The van der Waals surface area contributed by atoms with Gasteiger partial charge in [0.25, 0.3) is 5.71 Å². The number of aromatic nitrogens is 1. The van der Waals surface area contributed by atoms with Gasteiger partial charge in [0.2, 0.25) is 5.89 Å². The van der Waals surface area contributed by atoms with Crippen LogP contribution in [0.2, 0.25) is 10.0 Å². The molecule has 0 aliphatic heterocycles. The number of rotatable bonds is 2. The lowest BCUT2D eigenvalue weighted by molar-refractivity contribution is 0.0990. The quantitative estimate of drug-likeness (QED) is 0.365. The molecule has 0 N–H and O–H groups in total. The summed E-state index contributed by atoms with van der Waals surface area (Å²) in [6.45, 7) is 0. The second-order valence-corrected chi connectivity index (χ2v) is 8.05. The van der Waals surface area contributed by atoms with Crippen LogP contribution in [0.15, 0.2) is 32.6 Å². The van der Waals surface area contributed by atoms with Crippen molar-refractivity contribution in [2.24, 2.45) is 0 Å². The standard InChI is InChI=1S/C21H15Cl2NO4/c22-15-8-12-13(9-16(15)23)19(26)14(18(12)25)6-11-7-17-21(27-11)24-20(28-17)10-4-2-1-3-5-10/h6-10H,1-5H2. The minimum atomic E-state index is -0.401. The molecular formula is C21H15Cl2NO4. The number of ketones is 2. The summed E-state index contributed by atoms with van der Waals surface area (Å²) in [4.78, 5) is 29.7. The fourth-order valence-electron chi connectivity index (χ4n) is 3.95. The first kappa shape index (κ1) is 17.7. The second kappa shape index (κ2) is 6.61. The van der Waals surface area contributed by atoms with Crippen molar-refractivity contribution in [3.05, 3.63) is 56.6 Å². The summed E-state index contributed by atoms with van der Waals surface area (Å²) in [6, 6.07) is 4.50. The van der Waals surface area contributed by atoms with Crippen LogP contribution in [0.5, 0.6) is 0 Å². The molecule has 1 fully saturated rings. The molecule has 0 spiro atoms. The lowest BCUT2D eigenvalue weighted by Crippen LogP contribution is -2.04. The molecule has 0 amide bonds. The summed E-state index contributed by atoms with van der Waals surface area (Å²) >= 11 is 12.0. The summed E-state index contributed by atoms with van der Waals surface area (Å²) < 4.78 is 11.6. The molecule has 2 aromatic heterocycles. The molecule has 142 valence electrons. The van der Waals surface area contributed by atoms with Crippen molar-refractivity contribution in [2.75, 3.05) is 0 Å². The highest BCUT2D eigenvalue weighted by Gasteiger charge is 2.34. The first-order chi connectivity index (χ1) is 13.5. The fraction of sp³-hybridized carbons (Fsp3) is 0.286. The lowest BCUT2D eigenvalue weighted by atomic mass is 9.89. The summed E-state index contributed by atoms with van der Waals surface area (Å²) in [5.74, 6) is 0.584. The van der Waals surface area contributed by atoms with E-state index >= 15 is 0 Å². The van der Waals surface area contributed by atoms with Gasteiger partial charge < -0.3 is 8.83 Å². The number of hydrogen-bond donors (Lipinski definition) is 0. The van der Waals surface area contributed by atoms with Crippen LogP contribution in [-0.2, 0) is 0 Å². The molecule has 5 rings (SSSR count). The van der Waals surface area contributed by atoms with Crippen molar-refractivity contribution >= 4 is 52.1 Å². The molecule has 1 aromatic carbocycles. The van der Waals surface area contributed by atoms with Crippen LogP contribution in [-0.4, -0.2) is 16.6 Å². The Balaban J connectivity index is 1.47. The first-order valence-electron chi connectivity index (χ1n) is 9.21. The summed E-state index contributed by atoms with van der Waals surface area (Å²) in [6.07, 6.45) is 7.20. The van der Waals surface area contributed by atoms with E-state index in [0.717, 1.165) is 12.8 Å². The highest BCUT2D eigenvalue weighted by molar-refractivity contribution is 6.46. The zero-order valence-electron chi connectivity index (χ0n) is 14.8. The number of benzene rings is 1. The van der Waals surface area contributed by atoms with E-state index in [2.05, 4.69) is 4.98 Å². The predicted molar refractivity (Wildman–Crippen MR) is 105 cm³/mol. The molecule has 3 aromatic rings. The van der Waals surface area contributed by atoms with Crippen molar-refractivity contribution in [3.63, 3.8) is 0 Å². The highest BCUT2D eigenvalue weighted by atomic mass is 35.5. The van der Waals surface area contributed by atoms with Gasteiger partial charge in [0, 0.05) is 23.1 Å². The number of allylic oxidation sites excluding steroid dienone is 1. The number of nitrogens with zero attached hydrogens (tertiary/aromatic N) is 1. The Labute approximate surface area is 170 Å². The van der Waals surface area contributed by atoms with Gasteiger partial charge in [-0.2, -0.15) is 4.98 Å². The van der Waals surface area contributed by atoms with E-state index in [1.165, 1.54) is 37.5 Å². The van der Waals surface area contributed by atoms with Crippen LogP contribution in [0, 0.1) is 0 Å². The minimum absolute atomic E-state index is 0.0113. The average molecular weight is 416 g/mol. The monoisotopic (exact) mass is 415 g/mol. The largest absolute Gasteiger partial charge is 0.437 e. The molecule has 7 heteroatoms. The normalized spacial score (nSPS) is 17.6. The van der Waals surface area contributed by atoms with Crippen molar-refractivity contribution in [1.29, 1.82) is 0 Å². The number of Topliss-reactive ketones (excluding diaryl/α,β-unsaturated/α-hetero) is 2. The molecule has 2 aliphatic rings. The zero-order chi connectivity index (χ0) is 19.4. The van der Waals surface area contributed by atoms with Gasteiger partial charge in [0.05, 0.1) is 15.6 Å². The van der Waals surface area contributed by atoms with Gasteiger partial charge in [0.1, 0.15) is 5.76 Å². The molecule has 0 atom stereocenters. The summed E-state index contributed by atoms with van der Waals surface area (Å²) in [5.41, 5.74) is 1.41. The van der Waals surface area contributed by atoms with E-state index in [-0.39, 0.29) is 26.7 Å². The maximum Gasteiger partial charge on any atom is 0.266 e. The van der Waals surface area contributed by atoms with Crippen molar-refractivity contribution in [2.45, 2.75) is 38.0 Å². The molecule has 28 heavy (non-hydrogen) atoms. The smallest absolute Gasteiger partial charge is 0.266 e. The number of carbonyl (C=O) groups is 2. The van der Waals surface area contributed by atoms with Gasteiger partial charge in [-0.3, -0.25) is 9.59 Å². The van der Waals surface area contributed by atoms with E-state index in [1.54, 1.807) is 6.07 Å². The Kier molecular flexibility index (Phi) is 4.18. The molecule has 0 unspecified atom stereocenters. The average Bonchev–Trinajstić information content (AvgIpc) is 3.31. The van der Waals surface area contributed by atoms with E-state index in [0.29, 0.717) is 28.9 Å². The van der Waals surface area contributed by atoms with E-state index in [4.69, 9.17) is 32.0 Å². The van der Waals surface area contributed by atoms with Gasteiger partial charge in [-0.05, 0) is 31.1 Å². The third kappa shape index (κ3) is 2.81. The molecule has 1 saturated carbocycles. The van der Waals surface area contributed by atoms with E-state index < -0.39 is 11.6 Å². The topological polar surface area (TPSA) is 73.3 Å². The van der Waals surface area contributed by atoms with Crippen LogP contribution in [0.4, 0.5) is 0 Å². The van der Waals surface area contributed by atoms with Crippen LogP contribution in [0.25, 0.3) is 17.4 Å². The van der Waals surface area contributed by atoms with Gasteiger partial charge in [-0.1, -0.05) is 42.5 Å². The molecule has 0 radical (unpaired) electrons. The molecule has 2 aliphatic carbocycles. The van der Waals surface area contributed by atoms with Crippen LogP contribution >= 0.6 is 23.2 Å². The van der Waals surface area contributed by atoms with Gasteiger partial charge in [-0.15, -0.1) is 0 Å². The SMILES string of the molecule is O=C1C(=Cc2cc3oc(C4CCCCC4)nc3o2)C(=O)c2cc(Cl)c(Cl)cc21. The molecule has 0 bridgehead atoms. The number of furan rings is 1. The number of hydrogen-bond acceptors (Lipinski definition) is 5. The molecular weight excluding hydrogens is 401 g/mol. The third-order valence-electron chi connectivity index (χ3n) is 5.40. The Morgan fingerprint density at radius 2 is 1.57 bits per heavy atom. The Hall–Kier alpha value is -2.37. The number of halogens is 2. The van der Waals surface area contributed by atoms with Crippen LogP contribution < -0.4 is 0 Å². The number of fused-ring (bicyclic) bond motifs is 2. The van der Waals surface area contributed by atoms with Crippen LogP contribution in [0.1, 0.15) is 70.4 Å². The van der Waals surface area contributed by atoms with E-state index in [9.17, 15) is 9.59 Å².